The molecular formula is C10H16N2O2. The van der Waals surface area contributed by atoms with E-state index >= 15 is 0 Å². The van der Waals surface area contributed by atoms with Crippen LogP contribution in [-0.4, -0.2) is 27.2 Å². The van der Waals surface area contributed by atoms with Crippen LogP contribution in [0.15, 0.2) is 15.7 Å². The quantitative estimate of drug-likeness (QED) is 0.502. The summed E-state index contributed by atoms with van der Waals surface area (Å²) in [5, 5.41) is 3.06. The third-order valence-corrected chi connectivity index (χ3v) is 2.31. The number of hydrogen-bond acceptors (Lipinski definition) is 4. The smallest absolute Gasteiger partial charge is 0.249 e. The van der Waals surface area contributed by atoms with Crippen LogP contribution in [0.3, 0.4) is 0 Å². The molecule has 78 valence electrons. The van der Waals surface area contributed by atoms with Gasteiger partial charge in [-0.3, -0.25) is 9.59 Å². The molecule has 1 aromatic carbocycles. The van der Waals surface area contributed by atoms with Crippen molar-refractivity contribution in [3.8, 4) is 0 Å². The van der Waals surface area contributed by atoms with Crippen molar-refractivity contribution in [2.75, 3.05) is 32.1 Å². The van der Waals surface area contributed by atoms with E-state index in [4.69, 9.17) is 0 Å². The molecule has 0 aliphatic carbocycles. The zero-order chi connectivity index (χ0) is 10.6. The average Bonchev–Trinajstić information content (AvgIpc) is 2.20. The molecule has 0 saturated heterocycles. The van der Waals surface area contributed by atoms with Gasteiger partial charge in [0.25, 0.3) is 0 Å². The van der Waals surface area contributed by atoms with E-state index in [1.165, 1.54) is 6.07 Å². The summed E-state index contributed by atoms with van der Waals surface area (Å²) in [5.74, 6) is 0. The van der Waals surface area contributed by atoms with Gasteiger partial charge in [-0.25, -0.2) is 0 Å². The van der Waals surface area contributed by atoms with Crippen molar-refractivity contribution in [2.45, 2.75) is 12.8 Å². The normalized spacial score (nSPS) is 10.7. The second-order valence-electron chi connectivity index (χ2n) is 3.46. The van der Waals surface area contributed by atoms with E-state index in [0.29, 0.717) is 5.69 Å². The molecule has 1 aromatic rings. The summed E-state index contributed by atoms with van der Waals surface area (Å²) in [6.45, 7) is 1.81. The van der Waals surface area contributed by atoms with Crippen molar-refractivity contribution >= 4 is 5.69 Å². The molecule has 0 saturated carbocycles. The highest BCUT2D eigenvalue weighted by molar-refractivity contribution is 5.49. The van der Waals surface area contributed by atoms with Gasteiger partial charge >= 0.3 is 0 Å². The molecule has 14 heavy (non-hydrogen) atoms. The predicted molar refractivity (Wildman–Crippen MR) is 57.8 cm³/mol. The van der Waals surface area contributed by atoms with Crippen LogP contribution in [-0.2, 0) is 0 Å². The molecule has 0 atom stereocenters. The highest BCUT2D eigenvalue weighted by Crippen LogP contribution is 2.04. The molecule has 0 aromatic heterocycles. The third-order valence-electron chi connectivity index (χ3n) is 2.31. The van der Waals surface area contributed by atoms with Gasteiger partial charge in [0, 0.05) is 19.7 Å². The van der Waals surface area contributed by atoms with Gasteiger partial charge < -0.3 is 10.2 Å². The third kappa shape index (κ3) is 2.42. The average molecular weight is 196 g/mol. The molecule has 0 aliphatic heterocycles. The van der Waals surface area contributed by atoms with E-state index in [1.54, 1.807) is 0 Å². The van der Waals surface area contributed by atoms with Crippen molar-refractivity contribution in [1.29, 1.82) is 0 Å². The molecule has 0 spiro atoms. The van der Waals surface area contributed by atoms with Crippen LogP contribution >= 0.6 is 0 Å². The highest BCUT2D eigenvalue weighted by atomic mass is 16.2. The topological polar surface area (TPSA) is 49.4 Å². The molecule has 4 heteroatoms. The first-order valence-electron chi connectivity index (χ1n) is 4.83. The van der Waals surface area contributed by atoms with E-state index in [1.807, 2.05) is 19.0 Å². The number of hydrogen-bond donors (Lipinski definition) is 1. The van der Waals surface area contributed by atoms with E-state index in [-0.39, 0.29) is 10.9 Å². The number of anilines is 1. The fourth-order valence-corrected chi connectivity index (χ4v) is 1.36. The van der Waals surface area contributed by atoms with Gasteiger partial charge in [0.15, 0.2) is 0 Å². The Labute approximate surface area is 83.2 Å². The van der Waals surface area contributed by atoms with E-state index in [0.717, 1.165) is 25.9 Å². The van der Waals surface area contributed by atoms with E-state index in [9.17, 15) is 9.59 Å². The second kappa shape index (κ2) is 4.91. The summed E-state index contributed by atoms with van der Waals surface area (Å²) in [4.78, 5) is 23.5. The molecule has 0 radical (unpaired) electrons. The highest BCUT2D eigenvalue weighted by Gasteiger charge is 2.12. The molecule has 0 bridgehead atoms. The molecule has 0 unspecified atom stereocenters. The first kappa shape index (κ1) is 10.9. The van der Waals surface area contributed by atoms with Gasteiger partial charge in [-0.1, -0.05) is 0 Å². The zero-order valence-electron chi connectivity index (χ0n) is 8.67. The van der Waals surface area contributed by atoms with Crippen LogP contribution in [0.25, 0.3) is 0 Å². The van der Waals surface area contributed by atoms with Crippen LogP contribution in [0.5, 0.6) is 0 Å². The van der Waals surface area contributed by atoms with E-state index < -0.39 is 0 Å². The Morgan fingerprint density at radius 2 is 2.07 bits per heavy atom. The lowest BCUT2D eigenvalue weighted by molar-refractivity contribution is 0.670. The fourth-order valence-electron chi connectivity index (χ4n) is 1.36. The lowest BCUT2D eigenvalue weighted by atomic mass is 10.2. The molecule has 1 N–H and O–H groups in total. The predicted octanol–water partition coefficient (Wildman–Crippen LogP) is -0.282. The Balaban J connectivity index is 2.30. The summed E-state index contributed by atoms with van der Waals surface area (Å²) in [7, 11) is 3.76. The van der Waals surface area contributed by atoms with Gasteiger partial charge in [-0.05, 0) is 26.4 Å². The lowest BCUT2D eigenvalue weighted by Gasteiger charge is -2.18. The van der Waals surface area contributed by atoms with Crippen molar-refractivity contribution in [3.05, 3.63) is 26.5 Å². The molecule has 4 nitrogen and oxygen atoms in total. The van der Waals surface area contributed by atoms with Crippen molar-refractivity contribution in [1.82, 2.24) is 5.32 Å². The Kier molecular flexibility index (Phi) is 3.83. The first-order chi connectivity index (χ1) is 6.66. The molecular weight excluding hydrogens is 180 g/mol. The van der Waals surface area contributed by atoms with Crippen LogP contribution in [0.2, 0.25) is 0 Å². The summed E-state index contributed by atoms with van der Waals surface area (Å²) >= 11 is 0. The first-order valence-corrected chi connectivity index (χ1v) is 4.83. The van der Waals surface area contributed by atoms with Crippen LogP contribution in [0, 0.1) is 0 Å². The van der Waals surface area contributed by atoms with Gasteiger partial charge in [0.2, 0.25) is 10.9 Å². The Hall–Kier alpha value is -1.16. The maximum atomic E-state index is 11.0. The molecule has 1 rings (SSSR count). The van der Waals surface area contributed by atoms with Gasteiger partial charge in [-0.15, -0.1) is 0 Å². The molecule has 0 heterocycles. The second-order valence-corrected chi connectivity index (χ2v) is 3.46. The number of nitrogens with zero attached hydrogens (tertiary/aromatic N) is 1. The molecule has 0 aliphatic rings. The van der Waals surface area contributed by atoms with Crippen LogP contribution in [0.1, 0.15) is 12.8 Å². The summed E-state index contributed by atoms with van der Waals surface area (Å²) in [5.41, 5.74) is -0.164. The van der Waals surface area contributed by atoms with Gasteiger partial charge in [-0.2, -0.15) is 0 Å². The van der Waals surface area contributed by atoms with Crippen LogP contribution < -0.4 is 21.1 Å². The maximum Gasteiger partial charge on any atom is 0.249 e. The SMILES string of the molecule is CNCCCCN(C)c1cc(=O)c1=O. The number of unbranched alkanes of at least 4 members (excludes halogenated alkanes) is 1. The molecule has 0 amide bonds. The largest absolute Gasteiger partial charge is 0.371 e. The van der Waals surface area contributed by atoms with Crippen LogP contribution in [0.4, 0.5) is 5.69 Å². The monoisotopic (exact) mass is 196 g/mol. The maximum absolute atomic E-state index is 11.0. The zero-order valence-corrected chi connectivity index (χ0v) is 8.67. The lowest BCUT2D eigenvalue weighted by Crippen LogP contribution is -2.37. The van der Waals surface area contributed by atoms with Gasteiger partial charge in [0.05, 0.1) is 5.69 Å². The number of nitrogens with one attached hydrogen (secondary N) is 1. The van der Waals surface area contributed by atoms with Crippen molar-refractivity contribution < 1.29 is 0 Å². The minimum Gasteiger partial charge on any atom is -0.371 e. The summed E-state index contributed by atoms with van der Waals surface area (Å²) in [6, 6.07) is 1.40. The summed E-state index contributed by atoms with van der Waals surface area (Å²) < 4.78 is 0. The van der Waals surface area contributed by atoms with Gasteiger partial charge in [0.1, 0.15) is 0 Å². The minimum absolute atomic E-state index is 0.346. The van der Waals surface area contributed by atoms with Crippen molar-refractivity contribution in [2.24, 2.45) is 0 Å². The Morgan fingerprint density at radius 1 is 1.36 bits per heavy atom. The Bertz CT molecular complexity index is 353. The Morgan fingerprint density at radius 3 is 2.57 bits per heavy atom. The van der Waals surface area contributed by atoms with E-state index in [2.05, 4.69) is 5.32 Å². The fraction of sp³-hybridized carbons (Fsp3) is 0.600. The summed E-state index contributed by atoms with van der Waals surface area (Å²) in [6.07, 6.45) is 2.10. The van der Waals surface area contributed by atoms with Crippen molar-refractivity contribution in [3.63, 3.8) is 0 Å². The standard InChI is InChI=1S/C10H16N2O2/c1-11-5-3-4-6-12(2)8-7-9(13)10(8)14/h7,11H,3-6H2,1-2H3. The molecule has 0 fully saturated rings. The minimum atomic E-state index is -0.373. The number of rotatable bonds is 6.